The molecular formula is C20H24N2O3. The number of hydrogen-bond acceptors (Lipinski definition) is 3. The predicted molar refractivity (Wildman–Crippen MR) is 99.2 cm³/mol. The highest BCUT2D eigenvalue weighted by Crippen LogP contribution is 2.21. The molecule has 0 aliphatic carbocycles. The van der Waals surface area contributed by atoms with E-state index in [9.17, 15) is 9.59 Å². The number of carbonyl (C=O) groups is 2. The normalized spacial score (nSPS) is 10.2. The molecule has 0 aliphatic heterocycles. The SMILES string of the molecule is CCOc1ccc(C(=O)NCC(=O)Nc2c(C)cc(C)cc2C)cc1. The van der Waals surface area contributed by atoms with Crippen LogP contribution in [0.1, 0.15) is 34.0 Å². The Hall–Kier alpha value is -2.82. The van der Waals surface area contributed by atoms with Crippen LogP contribution in [0.25, 0.3) is 0 Å². The molecule has 0 aromatic heterocycles. The van der Waals surface area contributed by atoms with E-state index in [4.69, 9.17) is 4.74 Å². The zero-order chi connectivity index (χ0) is 18.4. The van der Waals surface area contributed by atoms with E-state index in [1.807, 2.05) is 39.8 Å². The van der Waals surface area contributed by atoms with Crippen molar-refractivity contribution in [2.24, 2.45) is 0 Å². The molecule has 0 saturated heterocycles. The maximum Gasteiger partial charge on any atom is 0.251 e. The van der Waals surface area contributed by atoms with Gasteiger partial charge in [0, 0.05) is 11.3 Å². The highest BCUT2D eigenvalue weighted by molar-refractivity contribution is 5.99. The van der Waals surface area contributed by atoms with Crippen molar-refractivity contribution in [2.75, 3.05) is 18.5 Å². The van der Waals surface area contributed by atoms with Crippen LogP contribution in [-0.4, -0.2) is 25.0 Å². The number of aryl methyl sites for hydroxylation is 3. The number of benzene rings is 2. The minimum absolute atomic E-state index is 0.0845. The zero-order valence-corrected chi connectivity index (χ0v) is 15.1. The Bertz CT molecular complexity index is 744. The van der Waals surface area contributed by atoms with E-state index in [1.54, 1.807) is 24.3 Å². The molecule has 0 atom stereocenters. The first-order valence-corrected chi connectivity index (χ1v) is 8.29. The monoisotopic (exact) mass is 340 g/mol. The van der Waals surface area contributed by atoms with Gasteiger partial charge in [-0.05, 0) is 63.1 Å². The lowest BCUT2D eigenvalue weighted by Gasteiger charge is -2.13. The number of rotatable bonds is 6. The molecule has 5 nitrogen and oxygen atoms in total. The minimum atomic E-state index is -0.296. The molecule has 2 amide bonds. The smallest absolute Gasteiger partial charge is 0.251 e. The minimum Gasteiger partial charge on any atom is -0.494 e. The summed E-state index contributed by atoms with van der Waals surface area (Å²) in [4.78, 5) is 24.2. The molecule has 0 unspecified atom stereocenters. The van der Waals surface area contributed by atoms with Crippen LogP contribution < -0.4 is 15.4 Å². The second-order valence-electron chi connectivity index (χ2n) is 5.96. The topological polar surface area (TPSA) is 67.4 Å². The molecule has 2 rings (SSSR count). The van der Waals surface area contributed by atoms with Gasteiger partial charge < -0.3 is 15.4 Å². The highest BCUT2D eigenvalue weighted by atomic mass is 16.5. The average molecular weight is 340 g/mol. The summed E-state index contributed by atoms with van der Waals surface area (Å²) in [5.74, 6) is 0.159. The number of hydrogen-bond donors (Lipinski definition) is 2. The summed E-state index contributed by atoms with van der Waals surface area (Å²) < 4.78 is 5.34. The number of ether oxygens (including phenoxy) is 1. The summed E-state index contributed by atoms with van der Waals surface area (Å²) in [6.45, 7) is 8.31. The third-order valence-corrected chi connectivity index (χ3v) is 3.78. The highest BCUT2D eigenvalue weighted by Gasteiger charge is 2.11. The van der Waals surface area contributed by atoms with Gasteiger partial charge in [0.05, 0.1) is 13.2 Å². The van der Waals surface area contributed by atoms with Crippen molar-refractivity contribution in [2.45, 2.75) is 27.7 Å². The van der Waals surface area contributed by atoms with Crippen molar-refractivity contribution in [1.29, 1.82) is 0 Å². The van der Waals surface area contributed by atoms with Crippen LogP contribution in [0, 0.1) is 20.8 Å². The lowest BCUT2D eigenvalue weighted by Crippen LogP contribution is -2.33. The lowest BCUT2D eigenvalue weighted by molar-refractivity contribution is -0.115. The molecule has 5 heteroatoms. The first-order valence-electron chi connectivity index (χ1n) is 8.29. The van der Waals surface area contributed by atoms with Crippen molar-refractivity contribution in [1.82, 2.24) is 5.32 Å². The van der Waals surface area contributed by atoms with E-state index in [0.29, 0.717) is 17.9 Å². The molecule has 0 saturated carbocycles. The number of anilines is 1. The van der Waals surface area contributed by atoms with Crippen LogP contribution >= 0.6 is 0 Å². The predicted octanol–water partition coefficient (Wildman–Crippen LogP) is 3.38. The summed E-state index contributed by atoms with van der Waals surface area (Å²) in [6, 6.07) is 10.8. The Labute approximate surface area is 148 Å². The molecule has 132 valence electrons. The Morgan fingerprint density at radius 2 is 1.60 bits per heavy atom. The van der Waals surface area contributed by atoms with Gasteiger partial charge >= 0.3 is 0 Å². The summed E-state index contributed by atoms with van der Waals surface area (Å²) in [7, 11) is 0. The molecule has 0 radical (unpaired) electrons. The van der Waals surface area contributed by atoms with E-state index < -0.39 is 0 Å². The van der Waals surface area contributed by atoms with Crippen LogP contribution in [0.3, 0.4) is 0 Å². The van der Waals surface area contributed by atoms with Gasteiger partial charge in [0.25, 0.3) is 5.91 Å². The van der Waals surface area contributed by atoms with Gasteiger partial charge in [-0.3, -0.25) is 9.59 Å². The number of carbonyl (C=O) groups excluding carboxylic acids is 2. The van der Waals surface area contributed by atoms with Gasteiger partial charge in [0.15, 0.2) is 0 Å². The van der Waals surface area contributed by atoms with E-state index in [0.717, 1.165) is 22.4 Å². The first kappa shape index (κ1) is 18.5. The third-order valence-electron chi connectivity index (χ3n) is 3.78. The van der Waals surface area contributed by atoms with Gasteiger partial charge in [-0.25, -0.2) is 0 Å². The summed E-state index contributed by atoms with van der Waals surface area (Å²) in [6.07, 6.45) is 0. The average Bonchev–Trinajstić information content (AvgIpc) is 2.57. The molecule has 0 heterocycles. The fourth-order valence-electron chi connectivity index (χ4n) is 2.69. The standard InChI is InChI=1S/C20H24N2O3/c1-5-25-17-8-6-16(7-9-17)20(24)21-12-18(23)22-19-14(3)10-13(2)11-15(19)4/h6-11H,5,12H2,1-4H3,(H,21,24)(H,22,23). The second-order valence-corrected chi connectivity index (χ2v) is 5.96. The first-order chi connectivity index (χ1) is 11.9. The fraction of sp³-hybridized carbons (Fsp3) is 0.300. The number of amides is 2. The molecule has 2 aromatic carbocycles. The number of nitrogens with one attached hydrogen (secondary N) is 2. The lowest BCUT2D eigenvalue weighted by atomic mass is 10.1. The van der Waals surface area contributed by atoms with Crippen molar-refractivity contribution in [3.63, 3.8) is 0 Å². The molecule has 0 fully saturated rings. The maximum absolute atomic E-state index is 12.1. The summed E-state index contributed by atoms with van der Waals surface area (Å²) in [5.41, 5.74) is 4.44. The quantitative estimate of drug-likeness (QED) is 0.847. The van der Waals surface area contributed by atoms with Crippen molar-refractivity contribution in [3.8, 4) is 5.75 Å². The summed E-state index contributed by atoms with van der Waals surface area (Å²) >= 11 is 0. The van der Waals surface area contributed by atoms with E-state index >= 15 is 0 Å². The van der Waals surface area contributed by atoms with Gasteiger partial charge in [-0.1, -0.05) is 17.7 Å². The van der Waals surface area contributed by atoms with Crippen LogP contribution in [0.5, 0.6) is 5.75 Å². The van der Waals surface area contributed by atoms with Gasteiger partial charge in [-0.15, -0.1) is 0 Å². The summed E-state index contributed by atoms with van der Waals surface area (Å²) in [5, 5.41) is 5.49. The van der Waals surface area contributed by atoms with Crippen LogP contribution in [-0.2, 0) is 4.79 Å². The van der Waals surface area contributed by atoms with Crippen molar-refractivity contribution < 1.29 is 14.3 Å². The van der Waals surface area contributed by atoms with Gasteiger partial charge in [-0.2, -0.15) is 0 Å². The Balaban J connectivity index is 1.92. The maximum atomic E-state index is 12.1. The molecule has 25 heavy (non-hydrogen) atoms. The molecule has 0 bridgehead atoms. The van der Waals surface area contributed by atoms with Crippen LogP contribution in [0.2, 0.25) is 0 Å². The van der Waals surface area contributed by atoms with E-state index in [2.05, 4.69) is 10.6 Å². The molecule has 0 aliphatic rings. The second kappa shape index (κ2) is 8.33. The van der Waals surface area contributed by atoms with Crippen LogP contribution in [0.4, 0.5) is 5.69 Å². The molecular weight excluding hydrogens is 316 g/mol. The third kappa shape index (κ3) is 5.08. The Morgan fingerprint density at radius 1 is 1.00 bits per heavy atom. The molecule has 2 N–H and O–H groups in total. The van der Waals surface area contributed by atoms with E-state index in [-0.39, 0.29) is 18.4 Å². The fourth-order valence-corrected chi connectivity index (χ4v) is 2.69. The Morgan fingerprint density at radius 3 is 2.16 bits per heavy atom. The molecule has 0 spiro atoms. The van der Waals surface area contributed by atoms with Crippen LogP contribution in [0.15, 0.2) is 36.4 Å². The van der Waals surface area contributed by atoms with Crippen molar-refractivity contribution >= 4 is 17.5 Å². The van der Waals surface area contributed by atoms with E-state index in [1.165, 1.54) is 0 Å². The molecule has 2 aromatic rings. The van der Waals surface area contributed by atoms with Crippen molar-refractivity contribution in [3.05, 3.63) is 58.7 Å². The van der Waals surface area contributed by atoms with Gasteiger partial charge in [0.1, 0.15) is 5.75 Å². The largest absolute Gasteiger partial charge is 0.494 e. The zero-order valence-electron chi connectivity index (χ0n) is 15.1. The Kier molecular flexibility index (Phi) is 6.17. The van der Waals surface area contributed by atoms with Gasteiger partial charge in [0.2, 0.25) is 5.91 Å².